The lowest BCUT2D eigenvalue weighted by Gasteiger charge is -2.47. The first-order chi connectivity index (χ1) is 8.93. The van der Waals surface area contributed by atoms with E-state index >= 15 is 0 Å². The van der Waals surface area contributed by atoms with Crippen LogP contribution in [-0.4, -0.2) is 51.3 Å². The highest BCUT2D eigenvalue weighted by Crippen LogP contribution is 2.38. The smallest absolute Gasteiger partial charge is 0.353 e. The van der Waals surface area contributed by atoms with E-state index in [2.05, 4.69) is 5.10 Å². The number of carbonyl (C=O) groups is 3. The molecule has 0 aromatic rings. The van der Waals surface area contributed by atoms with E-state index in [9.17, 15) is 14.4 Å². The molecule has 9 nitrogen and oxygen atoms in total. The normalized spacial score (nSPS) is 26.2. The van der Waals surface area contributed by atoms with Gasteiger partial charge in [0.1, 0.15) is 17.1 Å². The second-order valence-electron chi connectivity index (χ2n) is 3.85. The fraction of sp³-hybridized carbons (Fsp3) is 0.333. The van der Waals surface area contributed by atoms with E-state index in [1.54, 1.807) is 0 Å². The molecular weight excluding hydrogens is 274 g/mol. The molecule has 19 heavy (non-hydrogen) atoms. The van der Waals surface area contributed by atoms with E-state index in [0.29, 0.717) is 11.3 Å². The van der Waals surface area contributed by atoms with Crippen LogP contribution >= 0.6 is 11.8 Å². The van der Waals surface area contributed by atoms with Gasteiger partial charge in [0.2, 0.25) is 5.91 Å². The molecule has 1 fully saturated rings. The van der Waals surface area contributed by atoms with Crippen LogP contribution in [0, 0.1) is 0 Å². The van der Waals surface area contributed by atoms with Crippen LogP contribution in [0.2, 0.25) is 0 Å². The van der Waals surface area contributed by atoms with Crippen molar-refractivity contribution in [3.05, 3.63) is 11.3 Å². The van der Waals surface area contributed by atoms with Crippen LogP contribution in [0.4, 0.5) is 4.79 Å². The number of hydrazone groups is 1. The molecule has 3 amide bonds. The van der Waals surface area contributed by atoms with Crippen molar-refractivity contribution in [3.63, 3.8) is 0 Å². The summed E-state index contributed by atoms with van der Waals surface area (Å²) in [5.41, 5.74) is 12.5. The highest BCUT2D eigenvalue weighted by atomic mass is 32.2. The standard InChI is InChI=1S/C9H11N5O4S/c10-4-6(15)14-5(8(16)17)3(2-19-7(4)14)1-12-13-9(11)18/h1,4,7H,2,10H2,(H,16,17)(H3,11,13,18)/t4?,7-/m0/s1. The molecule has 0 aromatic carbocycles. The number of primary amides is 1. The Morgan fingerprint density at radius 2 is 2.26 bits per heavy atom. The lowest BCUT2D eigenvalue weighted by molar-refractivity contribution is -0.147. The Labute approximate surface area is 111 Å². The first-order valence-electron chi connectivity index (χ1n) is 5.18. The van der Waals surface area contributed by atoms with Crippen LogP contribution in [-0.2, 0) is 9.59 Å². The number of fused-ring (bicyclic) bond motifs is 1. The number of amides is 3. The van der Waals surface area contributed by atoms with E-state index in [-0.39, 0.29) is 11.1 Å². The van der Waals surface area contributed by atoms with Crippen molar-refractivity contribution in [3.8, 4) is 0 Å². The molecule has 2 atom stereocenters. The number of aliphatic carboxylic acids is 1. The Balaban J connectivity index is 2.28. The number of rotatable bonds is 3. The zero-order chi connectivity index (χ0) is 14.2. The number of β-lactam (4-membered cyclic amide) rings is 1. The Morgan fingerprint density at radius 1 is 1.58 bits per heavy atom. The molecular formula is C9H11N5O4S. The summed E-state index contributed by atoms with van der Waals surface area (Å²) in [6, 6.07) is -1.54. The predicted octanol–water partition coefficient (Wildman–Crippen LogP) is -1.78. The van der Waals surface area contributed by atoms with E-state index < -0.39 is 23.9 Å². The Bertz CT molecular complexity index is 517. The summed E-state index contributed by atoms with van der Waals surface area (Å²) < 4.78 is 0. The molecule has 0 saturated carbocycles. The van der Waals surface area contributed by atoms with Gasteiger partial charge < -0.3 is 16.6 Å². The third kappa shape index (κ3) is 2.27. The molecule has 6 N–H and O–H groups in total. The van der Waals surface area contributed by atoms with Crippen LogP contribution in [0.3, 0.4) is 0 Å². The highest BCUT2D eigenvalue weighted by molar-refractivity contribution is 8.00. The first kappa shape index (κ1) is 13.4. The molecule has 102 valence electrons. The largest absolute Gasteiger partial charge is 0.477 e. The van der Waals surface area contributed by atoms with Crippen LogP contribution < -0.4 is 16.9 Å². The van der Waals surface area contributed by atoms with Crippen molar-refractivity contribution in [1.82, 2.24) is 10.3 Å². The zero-order valence-corrected chi connectivity index (χ0v) is 10.4. The van der Waals surface area contributed by atoms with Crippen molar-refractivity contribution >= 4 is 35.9 Å². The molecule has 1 unspecified atom stereocenters. The summed E-state index contributed by atoms with van der Waals surface area (Å²) in [4.78, 5) is 34.4. The van der Waals surface area contributed by atoms with Crippen LogP contribution in [0.15, 0.2) is 16.4 Å². The number of thioether (sulfide) groups is 1. The maximum Gasteiger partial charge on any atom is 0.353 e. The van der Waals surface area contributed by atoms with Gasteiger partial charge in [0.25, 0.3) is 0 Å². The molecule has 0 aromatic heterocycles. The van der Waals surface area contributed by atoms with Gasteiger partial charge in [-0.25, -0.2) is 15.0 Å². The monoisotopic (exact) mass is 285 g/mol. The summed E-state index contributed by atoms with van der Waals surface area (Å²) in [5.74, 6) is -1.36. The highest BCUT2D eigenvalue weighted by Gasteiger charge is 2.51. The third-order valence-electron chi connectivity index (χ3n) is 2.64. The Hall–Kier alpha value is -2.07. The number of carboxylic acid groups (broad SMARTS) is 1. The molecule has 0 spiro atoms. The van der Waals surface area contributed by atoms with E-state index in [0.717, 1.165) is 11.1 Å². The summed E-state index contributed by atoms with van der Waals surface area (Å²) in [5, 5.41) is 12.3. The summed E-state index contributed by atoms with van der Waals surface area (Å²) in [7, 11) is 0. The number of hydrogen-bond donors (Lipinski definition) is 4. The van der Waals surface area contributed by atoms with Gasteiger partial charge in [0.05, 0.1) is 6.21 Å². The predicted molar refractivity (Wildman–Crippen MR) is 66.9 cm³/mol. The number of hydrogen-bond acceptors (Lipinski definition) is 6. The van der Waals surface area contributed by atoms with Gasteiger partial charge in [0, 0.05) is 11.3 Å². The number of nitrogens with two attached hydrogens (primary N) is 2. The average Bonchev–Trinajstić information content (AvgIpc) is 2.36. The zero-order valence-electron chi connectivity index (χ0n) is 9.57. The van der Waals surface area contributed by atoms with Crippen molar-refractivity contribution in [2.45, 2.75) is 11.4 Å². The molecule has 2 heterocycles. The lowest BCUT2D eigenvalue weighted by atomic mass is 10.0. The van der Waals surface area contributed by atoms with Gasteiger partial charge >= 0.3 is 12.0 Å². The number of urea groups is 1. The number of carbonyl (C=O) groups excluding carboxylic acids is 2. The van der Waals surface area contributed by atoms with Gasteiger partial charge in [-0.2, -0.15) is 5.10 Å². The summed E-state index contributed by atoms with van der Waals surface area (Å²) in [6.07, 6.45) is 1.16. The number of nitrogens with one attached hydrogen (secondary N) is 1. The SMILES string of the molecule is NC(=O)NN=CC1=C(C(=O)O)N2C(=O)C(N)[C@@H]2SC1. The van der Waals surface area contributed by atoms with Crippen molar-refractivity contribution < 1.29 is 19.5 Å². The second-order valence-corrected chi connectivity index (χ2v) is 4.95. The minimum Gasteiger partial charge on any atom is -0.477 e. The second kappa shape index (κ2) is 4.90. The molecule has 2 rings (SSSR count). The summed E-state index contributed by atoms with van der Waals surface area (Å²) in [6.45, 7) is 0. The van der Waals surface area contributed by atoms with Crippen molar-refractivity contribution in [2.75, 3.05) is 5.75 Å². The third-order valence-corrected chi connectivity index (χ3v) is 3.96. The number of carboxylic acids is 1. The quantitative estimate of drug-likeness (QED) is 0.273. The van der Waals surface area contributed by atoms with Gasteiger partial charge in [-0.1, -0.05) is 0 Å². The van der Waals surface area contributed by atoms with Crippen molar-refractivity contribution in [2.24, 2.45) is 16.6 Å². The van der Waals surface area contributed by atoms with Gasteiger partial charge in [-0.05, 0) is 0 Å². The fourth-order valence-electron chi connectivity index (χ4n) is 1.81. The van der Waals surface area contributed by atoms with Crippen molar-refractivity contribution in [1.29, 1.82) is 0 Å². The van der Waals surface area contributed by atoms with Crippen LogP contribution in [0.1, 0.15) is 0 Å². The summed E-state index contributed by atoms with van der Waals surface area (Å²) >= 11 is 1.34. The minimum absolute atomic E-state index is 0.162. The van der Waals surface area contributed by atoms with E-state index in [1.807, 2.05) is 5.43 Å². The van der Waals surface area contributed by atoms with Crippen LogP contribution in [0.25, 0.3) is 0 Å². The Morgan fingerprint density at radius 3 is 2.84 bits per heavy atom. The van der Waals surface area contributed by atoms with E-state index in [1.165, 1.54) is 11.8 Å². The maximum absolute atomic E-state index is 11.6. The molecule has 10 heteroatoms. The number of nitrogens with zero attached hydrogens (tertiary/aromatic N) is 2. The topological polar surface area (TPSA) is 151 Å². The van der Waals surface area contributed by atoms with Gasteiger partial charge in [-0.15, -0.1) is 11.8 Å². The fourth-order valence-corrected chi connectivity index (χ4v) is 3.06. The molecule has 1 saturated heterocycles. The van der Waals surface area contributed by atoms with Crippen LogP contribution in [0.5, 0.6) is 0 Å². The molecule has 0 radical (unpaired) electrons. The molecule has 0 bridgehead atoms. The maximum atomic E-state index is 11.6. The van der Waals surface area contributed by atoms with Gasteiger partial charge in [0.15, 0.2) is 0 Å². The van der Waals surface area contributed by atoms with E-state index in [4.69, 9.17) is 16.6 Å². The minimum atomic E-state index is -1.24. The molecule has 2 aliphatic rings. The molecule has 2 aliphatic heterocycles. The Kier molecular flexibility index (Phi) is 3.44. The first-order valence-corrected chi connectivity index (χ1v) is 6.23. The average molecular weight is 285 g/mol. The molecule has 0 aliphatic carbocycles. The lowest BCUT2D eigenvalue weighted by Crippen LogP contribution is -2.68. The van der Waals surface area contributed by atoms with Gasteiger partial charge in [-0.3, -0.25) is 9.69 Å².